The summed E-state index contributed by atoms with van der Waals surface area (Å²) in [4.78, 5) is 30.4. The minimum Gasteiger partial charge on any atom is -0.351 e. The highest BCUT2D eigenvalue weighted by molar-refractivity contribution is 7.98. The molecule has 0 atom stereocenters. The van der Waals surface area contributed by atoms with E-state index in [1.807, 2.05) is 0 Å². The Bertz CT molecular complexity index is 1090. The third-order valence-electron chi connectivity index (χ3n) is 8.21. The number of carbonyl (C=O) groups excluding carboxylic acids is 2. The molecule has 212 valence electrons. The van der Waals surface area contributed by atoms with Gasteiger partial charge in [0.2, 0.25) is 5.91 Å². The van der Waals surface area contributed by atoms with Crippen LogP contribution in [-0.4, -0.2) is 78.1 Å². The van der Waals surface area contributed by atoms with Crippen molar-refractivity contribution in [3.05, 3.63) is 65.7 Å². The third-order valence-corrected chi connectivity index (χ3v) is 8.95. The molecule has 1 spiro atoms. The van der Waals surface area contributed by atoms with E-state index in [0.29, 0.717) is 5.91 Å². The van der Waals surface area contributed by atoms with Gasteiger partial charge < -0.3 is 20.4 Å². The van der Waals surface area contributed by atoms with Gasteiger partial charge in [-0.05, 0) is 81.3 Å². The van der Waals surface area contributed by atoms with E-state index in [1.165, 1.54) is 22.4 Å². The molecule has 2 aromatic carbocycles. The predicted octanol–water partition coefficient (Wildman–Crippen LogP) is 5.26. The van der Waals surface area contributed by atoms with Gasteiger partial charge in [0.15, 0.2) is 0 Å². The van der Waals surface area contributed by atoms with E-state index in [0.717, 1.165) is 63.3 Å². The Morgan fingerprint density at radius 1 is 0.923 bits per heavy atom. The Morgan fingerprint density at radius 2 is 1.59 bits per heavy atom. The van der Waals surface area contributed by atoms with Crippen molar-refractivity contribution in [3.63, 3.8) is 0 Å². The highest BCUT2D eigenvalue weighted by atomic mass is 32.2. The second kappa shape index (κ2) is 13.1. The molecule has 39 heavy (non-hydrogen) atoms. The molecule has 9 heteroatoms. The quantitative estimate of drug-likeness (QED) is 0.471. The highest BCUT2D eigenvalue weighted by Crippen LogP contribution is 2.42. The maximum atomic E-state index is 13.2. The number of urea groups is 1. The number of benzene rings is 2. The van der Waals surface area contributed by atoms with Gasteiger partial charge >= 0.3 is 6.03 Å². The number of primary amides is 1. The molecule has 3 saturated heterocycles. The Kier molecular flexibility index (Phi) is 9.88. The minimum absolute atomic E-state index is 0.0718. The van der Waals surface area contributed by atoms with Crippen molar-refractivity contribution in [1.29, 1.82) is 0 Å². The Labute approximate surface area is 234 Å². The van der Waals surface area contributed by atoms with E-state index in [4.69, 9.17) is 5.73 Å². The van der Waals surface area contributed by atoms with Crippen LogP contribution in [0.5, 0.6) is 0 Å². The number of piperidine rings is 1. The van der Waals surface area contributed by atoms with Crippen LogP contribution in [0.15, 0.2) is 59.5 Å². The molecule has 3 aliphatic rings. The number of hydrogen-bond acceptors (Lipinski definition) is 4. The molecule has 0 unspecified atom stereocenters. The molecule has 0 aliphatic carbocycles. The van der Waals surface area contributed by atoms with Gasteiger partial charge in [-0.25, -0.2) is 13.6 Å². The molecule has 3 amide bonds. The lowest BCUT2D eigenvalue weighted by Crippen LogP contribution is -2.44. The van der Waals surface area contributed by atoms with Crippen LogP contribution in [0.2, 0.25) is 0 Å². The summed E-state index contributed by atoms with van der Waals surface area (Å²) in [6.07, 6.45) is 7.26. The first-order valence-corrected chi connectivity index (χ1v) is 15.0. The first-order valence-electron chi connectivity index (χ1n) is 13.8. The number of thioether (sulfide) groups is 1. The summed E-state index contributed by atoms with van der Waals surface area (Å²) in [5.74, 6) is -2.33. The van der Waals surface area contributed by atoms with Gasteiger partial charge in [-0.3, -0.25) is 4.79 Å². The second-order valence-electron chi connectivity index (χ2n) is 10.9. The van der Waals surface area contributed by atoms with Crippen LogP contribution in [0, 0.1) is 5.41 Å². The first-order chi connectivity index (χ1) is 18.7. The van der Waals surface area contributed by atoms with Crippen molar-refractivity contribution in [2.75, 3.05) is 45.5 Å². The van der Waals surface area contributed by atoms with Crippen LogP contribution >= 0.6 is 11.8 Å². The minimum atomic E-state index is -2.73. The lowest BCUT2D eigenvalue weighted by Gasteiger charge is -2.38. The summed E-state index contributed by atoms with van der Waals surface area (Å²) in [5, 5.41) is 0. The van der Waals surface area contributed by atoms with Crippen LogP contribution in [0.4, 0.5) is 13.6 Å². The highest BCUT2D eigenvalue weighted by Gasteiger charge is 2.47. The van der Waals surface area contributed by atoms with Gasteiger partial charge in [0.25, 0.3) is 5.92 Å². The number of nitrogens with two attached hydrogens (primary N) is 1. The normalized spacial score (nSPS) is 20.2. The SMILES string of the molecule is CSc1ccc(CN2CCC3(CCN(CCCc4ccccc4)CC3)C2=O)cc1.NC(=O)N1CCC(F)(F)C1. The van der Waals surface area contributed by atoms with E-state index in [-0.39, 0.29) is 18.4 Å². The van der Waals surface area contributed by atoms with E-state index in [2.05, 4.69) is 70.7 Å². The lowest BCUT2D eigenvalue weighted by molar-refractivity contribution is -0.138. The lowest BCUT2D eigenvalue weighted by atomic mass is 9.77. The number of halogens is 2. The third kappa shape index (κ3) is 7.94. The van der Waals surface area contributed by atoms with Crippen molar-refractivity contribution in [1.82, 2.24) is 14.7 Å². The van der Waals surface area contributed by atoms with Crippen molar-refractivity contribution in [3.8, 4) is 0 Å². The molecular formula is C30H40F2N4O2S. The Hall–Kier alpha value is -2.65. The van der Waals surface area contributed by atoms with Crippen LogP contribution in [0.1, 0.15) is 43.2 Å². The van der Waals surface area contributed by atoms with Crippen molar-refractivity contribution in [2.24, 2.45) is 11.1 Å². The van der Waals surface area contributed by atoms with Crippen LogP contribution in [-0.2, 0) is 17.8 Å². The van der Waals surface area contributed by atoms with Gasteiger partial charge in [-0.2, -0.15) is 0 Å². The maximum absolute atomic E-state index is 13.2. The molecule has 3 heterocycles. The summed E-state index contributed by atoms with van der Waals surface area (Å²) >= 11 is 1.76. The zero-order chi connectivity index (χ0) is 27.9. The van der Waals surface area contributed by atoms with Crippen molar-refractivity contribution >= 4 is 23.7 Å². The summed E-state index contributed by atoms with van der Waals surface area (Å²) in [6.45, 7) is 4.50. The molecule has 5 rings (SSSR count). The molecule has 0 aromatic heterocycles. The van der Waals surface area contributed by atoms with E-state index < -0.39 is 18.5 Å². The smallest absolute Gasteiger partial charge is 0.314 e. The fourth-order valence-electron chi connectivity index (χ4n) is 5.74. The summed E-state index contributed by atoms with van der Waals surface area (Å²) in [6, 6.07) is 18.6. The van der Waals surface area contributed by atoms with Gasteiger partial charge in [0.05, 0.1) is 12.0 Å². The number of aryl methyl sites for hydroxylation is 1. The number of amides is 3. The average Bonchev–Trinajstić information content (AvgIpc) is 3.46. The van der Waals surface area contributed by atoms with Gasteiger partial charge in [-0.15, -0.1) is 11.8 Å². The summed E-state index contributed by atoms with van der Waals surface area (Å²) in [5.41, 5.74) is 7.35. The first kappa shape index (κ1) is 29.3. The number of likely N-dealkylation sites (tertiary alicyclic amines) is 3. The zero-order valence-electron chi connectivity index (χ0n) is 22.8. The van der Waals surface area contributed by atoms with Gasteiger partial charge in [0, 0.05) is 31.0 Å². The van der Waals surface area contributed by atoms with Crippen molar-refractivity contribution in [2.45, 2.75) is 55.9 Å². The fourth-order valence-corrected chi connectivity index (χ4v) is 6.15. The standard InChI is InChI=1S/C25H32N2OS.C5H8F2N2O/c1-29-23-11-9-22(10-12-23)20-27-19-15-25(24(27)28)13-17-26(18-14-25)16-5-8-21-6-3-2-4-7-21;6-5(7)1-2-9(3-5)4(8)10/h2-4,6-7,9-12H,5,8,13-20H2,1H3;1-3H2,(H2,8,10). The predicted molar refractivity (Wildman–Crippen MR) is 152 cm³/mol. The number of hydrogen-bond donors (Lipinski definition) is 1. The fraction of sp³-hybridized carbons (Fsp3) is 0.533. The van der Waals surface area contributed by atoms with Gasteiger partial charge in [-0.1, -0.05) is 42.5 Å². The van der Waals surface area contributed by atoms with E-state index >= 15 is 0 Å². The zero-order valence-corrected chi connectivity index (χ0v) is 23.6. The Morgan fingerprint density at radius 3 is 2.15 bits per heavy atom. The van der Waals surface area contributed by atoms with E-state index in [1.54, 1.807) is 11.8 Å². The van der Waals surface area contributed by atoms with Crippen LogP contribution in [0.25, 0.3) is 0 Å². The topological polar surface area (TPSA) is 69.9 Å². The number of rotatable bonds is 7. The largest absolute Gasteiger partial charge is 0.351 e. The molecule has 2 aromatic rings. The molecular weight excluding hydrogens is 518 g/mol. The maximum Gasteiger partial charge on any atom is 0.314 e. The second-order valence-corrected chi connectivity index (χ2v) is 11.8. The molecule has 6 nitrogen and oxygen atoms in total. The molecule has 0 radical (unpaired) electrons. The molecule has 0 bridgehead atoms. The van der Waals surface area contributed by atoms with Crippen LogP contribution < -0.4 is 5.73 Å². The summed E-state index contributed by atoms with van der Waals surface area (Å²) in [7, 11) is 0. The van der Waals surface area contributed by atoms with Crippen LogP contribution in [0.3, 0.4) is 0 Å². The molecule has 0 saturated carbocycles. The molecule has 2 N–H and O–H groups in total. The van der Waals surface area contributed by atoms with Crippen molar-refractivity contribution < 1.29 is 18.4 Å². The summed E-state index contributed by atoms with van der Waals surface area (Å²) < 4.78 is 24.6. The number of alkyl halides is 2. The Balaban J connectivity index is 0.000000298. The average molecular weight is 559 g/mol. The number of nitrogens with zero attached hydrogens (tertiary/aromatic N) is 3. The monoisotopic (exact) mass is 558 g/mol. The molecule has 3 fully saturated rings. The van der Waals surface area contributed by atoms with Gasteiger partial charge in [0.1, 0.15) is 0 Å². The number of carbonyl (C=O) groups is 2. The molecule has 3 aliphatic heterocycles. The van der Waals surface area contributed by atoms with E-state index in [9.17, 15) is 18.4 Å².